The molecule has 1 aliphatic rings. The van der Waals surface area contributed by atoms with Gasteiger partial charge in [-0.05, 0) is 12.1 Å². The highest BCUT2D eigenvalue weighted by Crippen LogP contribution is 2.25. The molecule has 0 fully saturated rings. The van der Waals surface area contributed by atoms with E-state index in [0.29, 0.717) is 17.0 Å². The Morgan fingerprint density at radius 3 is 2.09 bits per heavy atom. The predicted octanol–water partition coefficient (Wildman–Crippen LogP) is 2.56. The third kappa shape index (κ3) is 4.14. The number of methoxy groups -OCH3 is 2. The molecule has 0 aromatic heterocycles. The highest BCUT2D eigenvalue weighted by Gasteiger charge is 2.23. The zero-order valence-electron chi connectivity index (χ0n) is 12.4. The summed E-state index contributed by atoms with van der Waals surface area (Å²) in [6.07, 6.45) is 3.62. The van der Waals surface area contributed by atoms with Gasteiger partial charge in [-0.3, -0.25) is 0 Å². The summed E-state index contributed by atoms with van der Waals surface area (Å²) in [5.41, 5.74) is 0.859. The van der Waals surface area contributed by atoms with Gasteiger partial charge in [0, 0.05) is 23.7 Å². The Hall–Kier alpha value is -2.21. The lowest BCUT2D eigenvalue weighted by atomic mass is 10.0. The molecule has 116 valence electrons. The Balaban J connectivity index is 2.12. The average molecular weight is 319 g/mol. The van der Waals surface area contributed by atoms with Gasteiger partial charge in [0.1, 0.15) is 0 Å². The van der Waals surface area contributed by atoms with Crippen molar-refractivity contribution in [3.8, 4) is 0 Å². The Morgan fingerprint density at radius 2 is 1.59 bits per heavy atom. The number of ether oxygens (including phenoxy) is 2. The quantitative estimate of drug-likeness (QED) is 0.614. The van der Waals surface area contributed by atoms with Crippen LogP contribution < -0.4 is 0 Å². The standard InChI is InChI=1S/C16H17NO4S/c1-20-15(18)12-8-13(16(19)21-2)10-17(9-12)11-22-14-6-4-3-5-7-14/h3-7,9-10H,8,11H2,1-2H3. The first-order valence-electron chi connectivity index (χ1n) is 6.65. The molecule has 0 saturated carbocycles. The van der Waals surface area contributed by atoms with Crippen molar-refractivity contribution in [1.29, 1.82) is 0 Å². The molecule has 0 spiro atoms. The zero-order chi connectivity index (χ0) is 15.9. The van der Waals surface area contributed by atoms with Gasteiger partial charge in [0.2, 0.25) is 0 Å². The Morgan fingerprint density at radius 1 is 1.05 bits per heavy atom. The summed E-state index contributed by atoms with van der Waals surface area (Å²) in [7, 11) is 2.64. The largest absolute Gasteiger partial charge is 0.466 e. The van der Waals surface area contributed by atoms with Crippen molar-refractivity contribution in [2.24, 2.45) is 0 Å². The van der Waals surface area contributed by atoms with Crippen LogP contribution in [0.3, 0.4) is 0 Å². The number of nitrogens with zero attached hydrogens (tertiary/aromatic N) is 1. The molecule has 0 N–H and O–H groups in total. The van der Waals surface area contributed by atoms with Gasteiger partial charge in [0.05, 0.1) is 31.2 Å². The van der Waals surface area contributed by atoms with E-state index in [1.54, 1.807) is 29.1 Å². The van der Waals surface area contributed by atoms with Crippen molar-refractivity contribution in [3.63, 3.8) is 0 Å². The summed E-state index contributed by atoms with van der Waals surface area (Å²) >= 11 is 1.60. The van der Waals surface area contributed by atoms with Crippen LogP contribution in [0.4, 0.5) is 0 Å². The molecule has 1 aliphatic heterocycles. The summed E-state index contributed by atoms with van der Waals surface area (Å²) in [5, 5.41) is 0. The lowest BCUT2D eigenvalue weighted by molar-refractivity contribution is -0.136. The van der Waals surface area contributed by atoms with E-state index in [9.17, 15) is 9.59 Å². The normalized spacial score (nSPS) is 14.0. The molecular formula is C16H17NO4S. The first-order valence-corrected chi connectivity index (χ1v) is 7.64. The molecule has 0 unspecified atom stereocenters. The second-order valence-electron chi connectivity index (χ2n) is 4.57. The van der Waals surface area contributed by atoms with E-state index in [0.717, 1.165) is 4.90 Å². The molecule has 0 saturated heterocycles. The van der Waals surface area contributed by atoms with Gasteiger partial charge in [-0.1, -0.05) is 18.2 Å². The van der Waals surface area contributed by atoms with Crippen LogP contribution in [0.15, 0.2) is 58.8 Å². The van der Waals surface area contributed by atoms with Gasteiger partial charge < -0.3 is 14.4 Å². The molecule has 1 aromatic rings. The van der Waals surface area contributed by atoms with Crippen LogP contribution >= 0.6 is 11.8 Å². The minimum atomic E-state index is -0.441. The van der Waals surface area contributed by atoms with Crippen molar-refractivity contribution in [3.05, 3.63) is 53.9 Å². The first kappa shape index (κ1) is 16.2. The van der Waals surface area contributed by atoms with E-state index in [1.807, 2.05) is 30.3 Å². The van der Waals surface area contributed by atoms with E-state index in [-0.39, 0.29) is 6.42 Å². The Labute approximate surface area is 133 Å². The molecule has 5 nitrogen and oxygen atoms in total. The third-order valence-electron chi connectivity index (χ3n) is 3.04. The molecule has 1 heterocycles. The second kappa shape index (κ2) is 7.70. The number of esters is 2. The van der Waals surface area contributed by atoms with Crippen LogP contribution in [0.25, 0.3) is 0 Å². The summed E-state index contributed by atoms with van der Waals surface area (Å²) in [4.78, 5) is 26.4. The van der Waals surface area contributed by atoms with E-state index in [2.05, 4.69) is 0 Å². The number of benzene rings is 1. The van der Waals surface area contributed by atoms with Crippen LogP contribution in [-0.2, 0) is 19.1 Å². The SMILES string of the molecule is COC(=O)C1=CN(CSc2ccccc2)C=C(C(=O)OC)C1. The predicted molar refractivity (Wildman–Crippen MR) is 83.8 cm³/mol. The van der Waals surface area contributed by atoms with E-state index >= 15 is 0 Å². The Bertz CT molecular complexity index is 578. The molecule has 2 rings (SSSR count). The molecule has 0 aliphatic carbocycles. The summed E-state index contributed by atoms with van der Waals surface area (Å²) in [5.74, 6) is -0.307. The number of thioether (sulfide) groups is 1. The minimum Gasteiger partial charge on any atom is -0.466 e. The number of carbonyl (C=O) groups is 2. The lowest BCUT2D eigenvalue weighted by Crippen LogP contribution is -2.22. The maximum Gasteiger partial charge on any atom is 0.335 e. The molecule has 22 heavy (non-hydrogen) atoms. The van der Waals surface area contributed by atoms with E-state index in [4.69, 9.17) is 9.47 Å². The van der Waals surface area contributed by atoms with Gasteiger partial charge in [0.15, 0.2) is 0 Å². The van der Waals surface area contributed by atoms with Crippen molar-refractivity contribution in [2.45, 2.75) is 11.3 Å². The molecule has 6 heteroatoms. The second-order valence-corrected chi connectivity index (χ2v) is 5.59. The van der Waals surface area contributed by atoms with Gasteiger partial charge in [-0.2, -0.15) is 0 Å². The topological polar surface area (TPSA) is 55.8 Å². The van der Waals surface area contributed by atoms with Crippen LogP contribution in [0.5, 0.6) is 0 Å². The summed E-state index contributed by atoms with van der Waals surface area (Å²) in [6, 6.07) is 9.89. The fraction of sp³-hybridized carbons (Fsp3) is 0.250. The van der Waals surface area contributed by atoms with Gasteiger partial charge in [-0.25, -0.2) is 9.59 Å². The van der Waals surface area contributed by atoms with Crippen LogP contribution in [-0.4, -0.2) is 36.9 Å². The summed E-state index contributed by atoms with van der Waals surface area (Å²) in [6.45, 7) is 0. The minimum absolute atomic E-state index is 0.214. The highest BCUT2D eigenvalue weighted by molar-refractivity contribution is 7.99. The van der Waals surface area contributed by atoms with Gasteiger partial charge in [-0.15, -0.1) is 11.8 Å². The first-order chi connectivity index (χ1) is 10.6. The van der Waals surface area contributed by atoms with Crippen LogP contribution in [0.2, 0.25) is 0 Å². The number of hydrogen-bond acceptors (Lipinski definition) is 6. The molecule has 0 atom stereocenters. The van der Waals surface area contributed by atoms with Gasteiger partial charge in [0.25, 0.3) is 0 Å². The fourth-order valence-electron chi connectivity index (χ4n) is 1.99. The highest BCUT2D eigenvalue weighted by atomic mass is 32.2. The van der Waals surface area contributed by atoms with Crippen molar-refractivity contribution in [2.75, 3.05) is 20.1 Å². The molecule has 1 aromatic carbocycles. The fourth-order valence-corrected chi connectivity index (χ4v) is 2.78. The van der Waals surface area contributed by atoms with Crippen LogP contribution in [0, 0.1) is 0 Å². The number of hydrogen-bond donors (Lipinski definition) is 0. The molecule has 0 bridgehead atoms. The number of carbonyl (C=O) groups excluding carboxylic acids is 2. The summed E-state index contributed by atoms with van der Waals surface area (Å²) < 4.78 is 9.48. The van der Waals surface area contributed by atoms with Gasteiger partial charge >= 0.3 is 11.9 Å². The van der Waals surface area contributed by atoms with E-state index in [1.165, 1.54) is 14.2 Å². The average Bonchev–Trinajstić information content (AvgIpc) is 2.59. The smallest absolute Gasteiger partial charge is 0.335 e. The zero-order valence-corrected chi connectivity index (χ0v) is 13.3. The molecule has 0 amide bonds. The Kier molecular flexibility index (Phi) is 5.66. The monoisotopic (exact) mass is 319 g/mol. The molecular weight excluding hydrogens is 302 g/mol. The molecule has 0 radical (unpaired) electrons. The van der Waals surface area contributed by atoms with Crippen molar-refractivity contribution >= 4 is 23.7 Å². The third-order valence-corrected chi connectivity index (χ3v) is 4.08. The van der Waals surface area contributed by atoms with Crippen LogP contribution in [0.1, 0.15) is 6.42 Å². The maximum absolute atomic E-state index is 11.7. The van der Waals surface area contributed by atoms with Crippen molar-refractivity contribution in [1.82, 2.24) is 4.90 Å². The number of rotatable bonds is 5. The van der Waals surface area contributed by atoms with E-state index < -0.39 is 11.9 Å². The van der Waals surface area contributed by atoms with Crippen molar-refractivity contribution < 1.29 is 19.1 Å². The maximum atomic E-state index is 11.7. The lowest BCUT2D eigenvalue weighted by Gasteiger charge is -2.23.